The van der Waals surface area contributed by atoms with E-state index in [-0.39, 0.29) is 27.6 Å². The monoisotopic (exact) mass is 1800 g/mol. The number of rotatable bonds is 14. The third kappa shape index (κ3) is 15.9. The molecule has 140 heavy (non-hydrogen) atoms. The van der Waals surface area contributed by atoms with Gasteiger partial charge in [0, 0.05) is 88.3 Å². The van der Waals surface area contributed by atoms with Gasteiger partial charge in [0.2, 0.25) is 0 Å². The fraction of sp³-hybridized carbons (Fsp3) is 0.128. The molecule has 0 saturated carbocycles. The molecule has 0 radical (unpaired) electrons. The molecular weight excluding hydrogens is 1700 g/mol. The number of aromatic nitrogens is 7. The second kappa shape index (κ2) is 35.0. The summed E-state index contributed by atoms with van der Waals surface area (Å²) in [7, 11) is 0. The van der Waals surface area contributed by atoms with Gasteiger partial charge in [0.15, 0.2) is 11.6 Å². The van der Waals surface area contributed by atoms with E-state index >= 15 is 0 Å². The molecule has 23 aromatic rings. The van der Waals surface area contributed by atoms with Crippen LogP contribution in [0.4, 0.5) is 0 Å². The SMILES string of the molecule is CC(C)(C)c1ccc2c(c1)c1cc(C(C)(C)C)ccc1n2-c1ccccc1-c1c(-c2cc(-c3ccccc3)nc(-c3ccccc3)n2)cccc1-n1c2ccc(C(C)(C)C)cc2c2cc(C(C)(C)C)ccc21.c1ccc(-c2ccc3c(c2)-c2ccccc2C3c2ccccc2-c2c(-c3cc(-c4ccccc4)nc(-c4ccccc4)n3)cccc2-n2c3ccccc3c3cc(-c4ccccc4)ccc32)cc1. The molecule has 1 aliphatic rings. The summed E-state index contributed by atoms with van der Waals surface area (Å²) >= 11 is 0. The summed E-state index contributed by atoms with van der Waals surface area (Å²) in [5.74, 6) is 1.36. The van der Waals surface area contributed by atoms with Crippen LogP contribution in [0.3, 0.4) is 0 Å². The van der Waals surface area contributed by atoms with Crippen LogP contribution in [0.25, 0.3) is 206 Å². The molecule has 0 fully saturated rings. The second-order valence-electron chi connectivity index (χ2n) is 41.6. The van der Waals surface area contributed by atoms with Gasteiger partial charge in [-0.2, -0.15) is 0 Å². The first-order valence-electron chi connectivity index (χ1n) is 49.0. The van der Waals surface area contributed by atoms with E-state index in [9.17, 15) is 0 Å². The van der Waals surface area contributed by atoms with Gasteiger partial charge in [0.05, 0.1) is 72.9 Å². The van der Waals surface area contributed by atoms with Crippen LogP contribution in [0.1, 0.15) is 128 Å². The predicted molar refractivity (Wildman–Crippen MR) is 589 cm³/mol. The number of hydrogen-bond acceptors (Lipinski definition) is 4. The highest BCUT2D eigenvalue weighted by atomic mass is 15.0. The maximum absolute atomic E-state index is 5.54. The topological polar surface area (TPSA) is 66.3 Å². The minimum Gasteiger partial charge on any atom is -0.309 e. The van der Waals surface area contributed by atoms with Crippen LogP contribution in [0.15, 0.2) is 437 Å². The molecule has 5 heterocycles. The molecule has 1 atom stereocenters. The van der Waals surface area contributed by atoms with Crippen LogP contribution >= 0.6 is 0 Å². The second-order valence-corrected chi connectivity index (χ2v) is 41.6. The number of fused-ring (bicyclic) bond motifs is 12. The van der Waals surface area contributed by atoms with Crippen LogP contribution in [0, 0.1) is 0 Å². The lowest BCUT2D eigenvalue weighted by molar-refractivity contribution is 0.590. The van der Waals surface area contributed by atoms with Gasteiger partial charge in [0.25, 0.3) is 0 Å². The summed E-state index contributed by atoms with van der Waals surface area (Å²) < 4.78 is 7.52. The van der Waals surface area contributed by atoms with E-state index in [4.69, 9.17) is 19.9 Å². The molecule has 0 N–H and O–H groups in total. The number of nitrogens with zero attached hydrogens (tertiary/aromatic N) is 7. The summed E-state index contributed by atoms with van der Waals surface area (Å²) in [5.41, 5.74) is 40.6. The van der Waals surface area contributed by atoms with Crippen LogP contribution in [0.5, 0.6) is 0 Å². The van der Waals surface area contributed by atoms with E-state index in [2.05, 4.69) is 521 Å². The first-order chi connectivity index (χ1) is 68.0. The molecule has 0 saturated heterocycles. The molecule has 0 amide bonds. The first-order valence-corrected chi connectivity index (χ1v) is 49.0. The average molecular weight is 1810 g/mol. The van der Waals surface area contributed by atoms with Gasteiger partial charge >= 0.3 is 0 Å². The molecular formula is C133H109N7. The van der Waals surface area contributed by atoms with Gasteiger partial charge in [-0.05, 0) is 203 Å². The normalized spacial score (nSPS) is 12.8. The lowest BCUT2D eigenvalue weighted by Crippen LogP contribution is -2.10. The molecule has 1 aliphatic carbocycles. The van der Waals surface area contributed by atoms with E-state index < -0.39 is 0 Å². The molecule has 0 aliphatic heterocycles. The standard InChI is InChI=1S/C68H66N4.C65H43N3/c1-65(2,3)45-30-34-58-51(38-45)52-39-46(66(4,5)6)31-35-59(52)71(58)57-28-20-19-26-50(57)63-49(56-42-55(43-22-15-13-16-23-43)69-64(70-56)44-24-17-14-18-25-44)27-21-29-62(63)72-60-36-32-47(67(7,8)9)40-53(60)54-41-48(68(10,11)12)33-37-61(54)72;1-5-20-43(21-6-1)47-36-38-54-56(40-47)49-28-13-14-30-51(49)63(54)52-31-15-16-32-53(52)64-55(59-42-58(45-24-9-3-10-25-45)66-65(67-59)46-26-11-4-12-27-46)33-19-35-62(64)68-60-34-18-17-29-50(60)57-41-48(37-39-61(57)68)44-22-7-2-8-23-44/h13-42H,1-12H3;1-42,63H. The van der Waals surface area contributed by atoms with Crippen LogP contribution in [0.2, 0.25) is 0 Å². The summed E-state index contributed by atoms with van der Waals surface area (Å²) in [6.45, 7) is 27.7. The van der Waals surface area contributed by atoms with E-state index in [0.29, 0.717) is 11.6 Å². The van der Waals surface area contributed by atoms with Crippen LogP contribution in [-0.2, 0) is 21.7 Å². The third-order valence-corrected chi connectivity index (χ3v) is 28.5. The maximum Gasteiger partial charge on any atom is 0.160 e. The van der Waals surface area contributed by atoms with Crippen molar-refractivity contribution in [1.29, 1.82) is 0 Å². The Morgan fingerprint density at radius 2 is 0.471 bits per heavy atom. The summed E-state index contributed by atoms with van der Waals surface area (Å²) in [4.78, 5) is 21.5. The molecule has 5 aromatic heterocycles. The fourth-order valence-corrected chi connectivity index (χ4v) is 21.2. The molecule has 676 valence electrons. The Morgan fingerprint density at radius 3 is 0.907 bits per heavy atom. The van der Waals surface area contributed by atoms with Crippen molar-refractivity contribution in [2.45, 2.75) is 111 Å². The molecule has 1 unspecified atom stereocenters. The predicted octanol–water partition coefficient (Wildman–Crippen LogP) is 35.3. The average Bonchev–Trinajstić information content (AvgIpc) is 1.56. The lowest BCUT2D eigenvalue weighted by atomic mass is 9.82. The zero-order valence-corrected chi connectivity index (χ0v) is 81.3. The lowest BCUT2D eigenvalue weighted by Gasteiger charge is -2.24. The Morgan fingerprint density at radius 1 is 0.179 bits per heavy atom. The first kappa shape index (κ1) is 87.6. The van der Waals surface area contributed by atoms with E-state index in [1.807, 2.05) is 12.1 Å². The highest BCUT2D eigenvalue weighted by Crippen LogP contribution is 2.55. The van der Waals surface area contributed by atoms with Crippen molar-refractivity contribution in [1.82, 2.24) is 33.6 Å². The van der Waals surface area contributed by atoms with Gasteiger partial charge in [-0.1, -0.05) is 417 Å². The third-order valence-electron chi connectivity index (χ3n) is 28.5. The zero-order chi connectivity index (χ0) is 95.5. The van der Waals surface area contributed by atoms with Gasteiger partial charge < -0.3 is 13.7 Å². The fourth-order valence-electron chi connectivity index (χ4n) is 21.2. The van der Waals surface area contributed by atoms with Crippen molar-refractivity contribution < 1.29 is 0 Å². The smallest absolute Gasteiger partial charge is 0.160 e. The minimum absolute atomic E-state index is 0.0140. The van der Waals surface area contributed by atoms with Gasteiger partial charge in [-0.15, -0.1) is 0 Å². The Balaban J connectivity index is 0.000000156. The van der Waals surface area contributed by atoms with Crippen LogP contribution in [-0.4, -0.2) is 33.6 Å². The number of benzene rings is 18. The summed E-state index contributed by atoms with van der Waals surface area (Å²) in [6.07, 6.45) is 0. The summed E-state index contributed by atoms with van der Waals surface area (Å²) in [6, 6.07) is 159. The number of para-hydroxylation sites is 2. The number of hydrogen-bond donors (Lipinski definition) is 0. The van der Waals surface area contributed by atoms with Crippen LogP contribution < -0.4 is 0 Å². The highest BCUT2D eigenvalue weighted by Gasteiger charge is 2.35. The van der Waals surface area contributed by atoms with Crippen molar-refractivity contribution in [3.63, 3.8) is 0 Å². The molecule has 0 spiro atoms. The van der Waals surface area contributed by atoms with E-state index in [1.54, 1.807) is 0 Å². The molecule has 7 heteroatoms. The van der Waals surface area contributed by atoms with Gasteiger partial charge in [-0.3, -0.25) is 0 Å². The summed E-state index contributed by atoms with van der Waals surface area (Å²) in [5, 5.41) is 7.43. The van der Waals surface area contributed by atoms with Crippen molar-refractivity contribution in [2.24, 2.45) is 0 Å². The largest absolute Gasteiger partial charge is 0.309 e. The van der Waals surface area contributed by atoms with Crippen molar-refractivity contribution >= 4 is 65.4 Å². The Bertz CT molecular complexity index is 8480. The Labute approximate surface area is 820 Å². The molecule has 0 bridgehead atoms. The molecule has 24 rings (SSSR count). The maximum atomic E-state index is 5.54. The van der Waals surface area contributed by atoms with Gasteiger partial charge in [-0.25, -0.2) is 19.9 Å². The van der Waals surface area contributed by atoms with E-state index in [0.717, 1.165) is 107 Å². The Hall–Kier alpha value is -16.5. The van der Waals surface area contributed by atoms with Gasteiger partial charge in [0.1, 0.15) is 0 Å². The quantitative estimate of drug-likeness (QED) is 0.109. The highest BCUT2D eigenvalue weighted by molar-refractivity contribution is 6.15. The van der Waals surface area contributed by atoms with Crippen molar-refractivity contribution in [3.8, 4) is 141 Å². The van der Waals surface area contributed by atoms with Crippen molar-refractivity contribution in [2.75, 3.05) is 0 Å². The zero-order valence-electron chi connectivity index (χ0n) is 81.3. The molecule has 18 aromatic carbocycles. The van der Waals surface area contributed by atoms with Crippen molar-refractivity contribution in [3.05, 3.63) is 476 Å². The van der Waals surface area contributed by atoms with E-state index in [1.165, 1.54) is 127 Å². The molecule has 7 nitrogen and oxygen atoms in total. The Kier molecular flexibility index (Phi) is 21.9. The minimum atomic E-state index is -0.0300.